The van der Waals surface area contributed by atoms with Crippen LogP contribution in [0.15, 0.2) is 22.7 Å². The largest absolute Gasteiger partial charge is 0.385 e. The number of aliphatic hydroxyl groups is 1. The summed E-state index contributed by atoms with van der Waals surface area (Å²) in [7, 11) is 0. The van der Waals surface area contributed by atoms with Crippen molar-refractivity contribution in [1.29, 1.82) is 0 Å². The summed E-state index contributed by atoms with van der Waals surface area (Å²) in [5, 5.41) is 8.70. The summed E-state index contributed by atoms with van der Waals surface area (Å²) in [6, 6.07) is 5.77. The monoisotopic (exact) mass is 199 g/mol. The minimum absolute atomic E-state index is 0.856. The van der Waals surface area contributed by atoms with Crippen LogP contribution in [0.2, 0.25) is 0 Å². The first-order valence-electron chi connectivity index (χ1n) is 2.97. The van der Waals surface area contributed by atoms with Gasteiger partial charge in [0.25, 0.3) is 0 Å². The van der Waals surface area contributed by atoms with Crippen molar-refractivity contribution >= 4 is 15.9 Å². The van der Waals surface area contributed by atoms with Crippen LogP contribution in [0.5, 0.6) is 0 Å². The van der Waals surface area contributed by atoms with Crippen molar-refractivity contribution in [2.24, 2.45) is 0 Å². The predicted molar refractivity (Wildman–Crippen MR) is 44.2 cm³/mol. The Hall–Kier alpha value is -0.340. The van der Waals surface area contributed by atoms with Gasteiger partial charge in [-0.1, -0.05) is 22.0 Å². The quantitative estimate of drug-likeness (QED) is 0.738. The van der Waals surface area contributed by atoms with E-state index in [1.165, 1.54) is 0 Å². The highest BCUT2D eigenvalue weighted by Gasteiger charge is 1.96. The zero-order valence-electron chi connectivity index (χ0n) is 5.63. The topological polar surface area (TPSA) is 20.2 Å². The first kappa shape index (κ1) is 7.76. The van der Waals surface area contributed by atoms with Crippen LogP contribution >= 0.6 is 15.9 Å². The molecular weight excluding hydrogens is 192 g/mol. The summed E-state index contributed by atoms with van der Waals surface area (Å²) >= 11 is 3.31. The molecule has 1 N–H and O–H groups in total. The molecule has 0 aliphatic heterocycles. The van der Waals surface area contributed by atoms with E-state index in [-0.39, 0.29) is 0 Å². The summed E-state index contributed by atoms with van der Waals surface area (Å²) in [5.74, 6) is 0. The third-order valence-corrected chi connectivity index (χ3v) is 1.87. The van der Waals surface area contributed by atoms with E-state index in [4.69, 9.17) is 5.11 Å². The molecule has 2 heteroatoms. The van der Waals surface area contributed by atoms with Gasteiger partial charge in [0.15, 0.2) is 0 Å². The zero-order valence-corrected chi connectivity index (χ0v) is 7.22. The van der Waals surface area contributed by atoms with Crippen molar-refractivity contribution < 1.29 is 5.11 Å². The lowest BCUT2D eigenvalue weighted by Crippen LogP contribution is -1.84. The van der Waals surface area contributed by atoms with Gasteiger partial charge in [0.1, 0.15) is 6.61 Å². The average molecular weight is 200 g/mol. The molecule has 0 aliphatic carbocycles. The van der Waals surface area contributed by atoms with Crippen LogP contribution in [-0.4, -0.2) is 5.11 Å². The molecule has 0 spiro atoms. The van der Waals surface area contributed by atoms with Crippen LogP contribution in [0, 0.1) is 13.5 Å². The standard InChI is InChI=1S/C8H8BrO/c1-6-2-3-8(9)4-7(6)5-10/h2-5,10H,1H3. The number of benzene rings is 1. The van der Waals surface area contributed by atoms with Crippen molar-refractivity contribution in [1.82, 2.24) is 0 Å². The molecule has 0 heterocycles. The second-order valence-corrected chi connectivity index (χ2v) is 3.05. The molecule has 0 atom stereocenters. The van der Waals surface area contributed by atoms with Crippen LogP contribution in [0.1, 0.15) is 11.1 Å². The van der Waals surface area contributed by atoms with Crippen LogP contribution in [0.25, 0.3) is 0 Å². The molecule has 0 bridgehead atoms. The number of halogens is 1. The van der Waals surface area contributed by atoms with E-state index < -0.39 is 0 Å². The second-order valence-electron chi connectivity index (χ2n) is 2.13. The second kappa shape index (κ2) is 3.17. The lowest BCUT2D eigenvalue weighted by molar-refractivity contribution is 0.414. The highest BCUT2D eigenvalue weighted by atomic mass is 79.9. The van der Waals surface area contributed by atoms with Gasteiger partial charge >= 0.3 is 0 Å². The van der Waals surface area contributed by atoms with E-state index >= 15 is 0 Å². The molecule has 0 saturated carbocycles. The molecule has 1 aromatic rings. The molecule has 0 aliphatic rings. The summed E-state index contributed by atoms with van der Waals surface area (Å²) < 4.78 is 0.985. The number of aliphatic hydroxyl groups excluding tert-OH is 1. The maximum atomic E-state index is 8.70. The Morgan fingerprint density at radius 1 is 1.50 bits per heavy atom. The molecule has 1 radical (unpaired) electrons. The van der Waals surface area contributed by atoms with Crippen molar-refractivity contribution in [2.45, 2.75) is 6.92 Å². The predicted octanol–water partition coefficient (Wildman–Crippen LogP) is 2.64. The zero-order chi connectivity index (χ0) is 7.56. The maximum Gasteiger partial charge on any atom is 0.109 e. The van der Waals surface area contributed by atoms with Gasteiger partial charge in [0, 0.05) is 4.47 Å². The number of rotatable bonds is 1. The van der Waals surface area contributed by atoms with Crippen LogP contribution in [0.4, 0.5) is 0 Å². The summed E-state index contributed by atoms with van der Waals surface area (Å²) in [4.78, 5) is 0. The van der Waals surface area contributed by atoms with E-state index in [0.717, 1.165) is 22.2 Å². The minimum atomic E-state index is 0.856. The molecule has 0 fully saturated rings. The summed E-state index contributed by atoms with van der Waals surface area (Å²) in [5.41, 5.74) is 1.93. The molecule has 53 valence electrons. The Balaban J connectivity index is 3.09. The molecular formula is C8H8BrO. The van der Waals surface area contributed by atoms with E-state index in [1.54, 1.807) is 0 Å². The fraction of sp³-hybridized carbons (Fsp3) is 0.125. The molecule has 1 aromatic carbocycles. The highest BCUT2D eigenvalue weighted by molar-refractivity contribution is 9.10. The number of aryl methyl sites for hydroxylation is 1. The SMILES string of the molecule is Cc1ccc(Br)cc1[CH]O. The van der Waals surface area contributed by atoms with Gasteiger partial charge in [0.2, 0.25) is 0 Å². The summed E-state index contributed by atoms with van der Waals surface area (Å²) in [6.45, 7) is 3.06. The Kier molecular flexibility index (Phi) is 2.46. The van der Waals surface area contributed by atoms with E-state index in [9.17, 15) is 0 Å². The molecule has 0 aromatic heterocycles. The number of hydrogen-bond acceptors (Lipinski definition) is 1. The third kappa shape index (κ3) is 1.58. The van der Waals surface area contributed by atoms with Crippen molar-refractivity contribution in [3.05, 3.63) is 40.4 Å². The molecule has 1 rings (SSSR count). The van der Waals surface area contributed by atoms with Gasteiger partial charge in [-0.2, -0.15) is 0 Å². The van der Waals surface area contributed by atoms with Crippen LogP contribution in [-0.2, 0) is 0 Å². The van der Waals surface area contributed by atoms with Gasteiger partial charge in [0.05, 0.1) is 0 Å². The van der Waals surface area contributed by atoms with Crippen molar-refractivity contribution in [3.8, 4) is 0 Å². The smallest absolute Gasteiger partial charge is 0.109 e. The van der Waals surface area contributed by atoms with E-state index in [0.29, 0.717) is 0 Å². The maximum absolute atomic E-state index is 8.70. The Labute approximate surface area is 68.8 Å². The normalized spacial score (nSPS) is 9.90. The Morgan fingerprint density at radius 3 is 2.70 bits per heavy atom. The van der Waals surface area contributed by atoms with E-state index in [1.807, 2.05) is 25.1 Å². The van der Waals surface area contributed by atoms with E-state index in [2.05, 4.69) is 15.9 Å². The highest BCUT2D eigenvalue weighted by Crippen LogP contribution is 2.16. The van der Waals surface area contributed by atoms with Gasteiger partial charge in [-0.3, -0.25) is 0 Å². The first-order chi connectivity index (χ1) is 4.74. The van der Waals surface area contributed by atoms with Crippen molar-refractivity contribution in [2.75, 3.05) is 0 Å². The lowest BCUT2D eigenvalue weighted by atomic mass is 10.1. The van der Waals surface area contributed by atoms with Gasteiger partial charge < -0.3 is 5.11 Å². The fourth-order valence-corrected chi connectivity index (χ4v) is 1.13. The number of hydrogen-bond donors (Lipinski definition) is 1. The lowest BCUT2D eigenvalue weighted by Gasteiger charge is -2.00. The Bertz CT molecular complexity index is 233. The molecule has 1 nitrogen and oxygen atoms in total. The van der Waals surface area contributed by atoms with Crippen LogP contribution in [0.3, 0.4) is 0 Å². The molecule has 0 unspecified atom stereocenters. The molecule has 0 amide bonds. The first-order valence-corrected chi connectivity index (χ1v) is 3.77. The van der Waals surface area contributed by atoms with Gasteiger partial charge in [-0.25, -0.2) is 0 Å². The molecule has 0 saturated heterocycles. The van der Waals surface area contributed by atoms with Gasteiger partial charge in [-0.15, -0.1) is 0 Å². The fourth-order valence-electron chi connectivity index (χ4n) is 0.750. The van der Waals surface area contributed by atoms with Gasteiger partial charge in [-0.05, 0) is 30.2 Å². The molecule has 10 heavy (non-hydrogen) atoms. The minimum Gasteiger partial charge on any atom is -0.385 e. The van der Waals surface area contributed by atoms with Crippen LogP contribution < -0.4 is 0 Å². The summed E-state index contributed by atoms with van der Waals surface area (Å²) in [6.07, 6.45) is 0. The average Bonchev–Trinajstić information content (AvgIpc) is 1.94. The Morgan fingerprint density at radius 2 is 2.20 bits per heavy atom. The third-order valence-electron chi connectivity index (χ3n) is 1.38. The van der Waals surface area contributed by atoms with Crippen molar-refractivity contribution in [3.63, 3.8) is 0 Å².